The van der Waals surface area contributed by atoms with Gasteiger partial charge in [0, 0.05) is 12.1 Å². The molecular weight excluding hydrogens is 160 g/mol. The van der Waals surface area contributed by atoms with Crippen LogP contribution in [-0.4, -0.2) is 7.11 Å². The van der Waals surface area contributed by atoms with Crippen molar-refractivity contribution in [2.24, 2.45) is 0 Å². The second kappa shape index (κ2) is 3.74. The molecule has 1 nitrogen and oxygen atoms in total. The third-order valence-electron chi connectivity index (χ3n) is 1.55. The van der Waals surface area contributed by atoms with E-state index in [0.717, 1.165) is 16.1 Å². The first-order valence-corrected chi connectivity index (χ1v) is 3.86. The van der Waals surface area contributed by atoms with E-state index in [1.165, 1.54) is 0 Å². The molecule has 0 amide bonds. The van der Waals surface area contributed by atoms with E-state index in [2.05, 4.69) is 0 Å². The Hall–Kier alpha value is -0.530. The van der Waals surface area contributed by atoms with Gasteiger partial charge < -0.3 is 4.74 Å². The first kappa shape index (κ1) is 8.57. The molecule has 0 aromatic heterocycles. The lowest BCUT2D eigenvalue weighted by Crippen LogP contribution is -1.87. The highest BCUT2D eigenvalue weighted by molar-refractivity contribution is 6.31. The van der Waals surface area contributed by atoms with Gasteiger partial charge >= 0.3 is 0 Å². The van der Waals surface area contributed by atoms with Gasteiger partial charge in [-0.3, -0.25) is 0 Å². The van der Waals surface area contributed by atoms with E-state index in [-0.39, 0.29) is 0 Å². The first-order valence-electron chi connectivity index (χ1n) is 3.48. The average Bonchev–Trinajstić information content (AvgIpc) is 1.98. The number of hydrogen-bond donors (Lipinski definition) is 0. The van der Waals surface area contributed by atoms with Gasteiger partial charge in [-0.25, -0.2) is 0 Å². The SMILES string of the molecule is COCc1ccc(C)c(Cl)c1. The largest absolute Gasteiger partial charge is 0.380 e. The van der Waals surface area contributed by atoms with E-state index < -0.39 is 0 Å². The number of ether oxygens (including phenoxy) is 1. The minimum atomic E-state index is 0.625. The van der Waals surface area contributed by atoms with Crippen LogP contribution in [0.3, 0.4) is 0 Å². The molecule has 0 spiro atoms. The summed E-state index contributed by atoms with van der Waals surface area (Å²) in [6, 6.07) is 5.95. The summed E-state index contributed by atoms with van der Waals surface area (Å²) in [6.07, 6.45) is 0. The fourth-order valence-corrected chi connectivity index (χ4v) is 1.10. The molecular formula is C9H11ClO. The zero-order chi connectivity index (χ0) is 8.27. The third-order valence-corrected chi connectivity index (χ3v) is 1.95. The normalized spacial score (nSPS) is 10.1. The molecule has 1 aromatic rings. The molecule has 60 valence electrons. The number of aryl methyl sites for hydroxylation is 1. The highest BCUT2D eigenvalue weighted by Gasteiger charge is 1.96. The molecule has 0 aliphatic rings. The molecule has 0 unspecified atom stereocenters. The van der Waals surface area contributed by atoms with Crippen molar-refractivity contribution in [3.8, 4) is 0 Å². The lowest BCUT2D eigenvalue weighted by Gasteiger charge is -2.01. The first-order chi connectivity index (χ1) is 5.24. The summed E-state index contributed by atoms with van der Waals surface area (Å²) in [4.78, 5) is 0. The summed E-state index contributed by atoms with van der Waals surface area (Å²) in [7, 11) is 1.67. The van der Waals surface area contributed by atoms with E-state index in [1.54, 1.807) is 7.11 Å². The fourth-order valence-electron chi connectivity index (χ4n) is 0.893. The molecule has 0 atom stereocenters. The van der Waals surface area contributed by atoms with Crippen molar-refractivity contribution in [3.63, 3.8) is 0 Å². The molecule has 0 aliphatic carbocycles. The smallest absolute Gasteiger partial charge is 0.0713 e. The van der Waals surface area contributed by atoms with Crippen LogP contribution in [0.2, 0.25) is 5.02 Å². The van der Waals surface area contributed by atoms with Crippen LogP contribution in [0.4, 0.5) is 0 Å². The zero-order valence-corrected chi connectivity index (χ0v) is 7.48. The van der Waals surface area contributed by atoms with Crippen molar-refractivity contribution in [1.82, 2.24) is 0 Å². The summed E-state index contributed by atoms with van der Waals surface area (Å²) >= 11 is 5.89. The molecule has 0 bridgehead atoms. The predicted molar refractivity (Wildman–Crippen MR) is 46.9 cm³/mol. The number of benzene rings is 1. The van der Waals surface area contributed by atoms with Gasteiger partial charge in [0.2, 0.25) is 0 Å². The average molecular weight is 171 g/mol. The van der Waals surface area contributed by atoms with E-state index in [9.17, 15) is 0 Å². The minimum Gasteiger partial charge on any atom is -0.380 e. The molecule has 0 radical (unpaired) electrons. The summed E-state index contributed by atoms with van der Waals surface area (Å²) in [6.45, 7) is 2.61. The molecule has 2 heteroatoms. The van der Waals surface area contributed by atoms with Gasteiger partial charge in [0.25, 0.3) is 0 Å². The zero-order valence-electron chi connectivity index (χ0n) is 6.73. The van der Waals surface area contributed by atoms with Crippen molar-refractivity contribution < 1.29 is 4.74 Å². The van der Waals surface area contributed by atoms with Crippen LogP contribution in [0.25, 0.3) is 0 Å². The van der Waals surface area contributed by atoms with E-state index in [0.29, 0.717) is 6.61 Å². The van der Waals surface area contributed by atoms with Crippen LogP contribution in [0.1, 0.15) is 11.1 Å². The standard InChI is InChI=1S/C9H11ClO/c1-7-3-4-8(6-11-2)5-9(7)10/h3-5H,6H2,1-2H3. The Kier molecular flexibility index (Phi) is 2.92. The van der Waals surface area contributed by atoms with Crippen LogP contribution >= 0.6 is 11.6 Å². The molecule has 0 fully saturated rings. The highest BCUT2D eigenvalue weighted by Crippen LogP contribution is 2.16. The molecule has 0 heterocycles. The van der Waals surface area contributed by atoms with E-state index in [1.807, 2.05) is 25.1 Å². The van der Waals surface area contributed by atoms with Crippen molar-refractivity contribution in [1.29, 1.82) is 0 Å². The van der Waals surface area contributed by atoms with Gasteiger partial charge in [-0.2, -0.15) is 0 Å². The molecule has 0 saturated carbocycles. The van der Waals surface area contributed by atoms with Gasteiger partial charge in [0.15, 0.2) is 0 Å². The number of hydrogen-bond acceptors (Lipinski definition) is 1. The maximum atomic E-state index is 5.89. The summed E-state index contributed by atoms with van der Waals surface area (Å²) in [5, 5.41) is 0.805. The predicted octanol–water partition coefficient (Wildman–Crippen LogP) is 2.79. The summed E-state index contributed by atoms with van der Waals surface area (Å²) in [5.74, 6) is 0. The Morgan fingerprint density at radius 1 is 1.45 bits per heavy atom. The van der Waals surface area contributed by atoms with E-state index >= 15 is 0 Å². The van der Waals surface area contributed by atoms with Crippen LogP contribution < -0.4 is 0 Å². The summed E-state index contributed by atoms with van der Waals surface area (Å²) < 4.78 is 4.96. The second-order valence-corrected chi connectivity index (χ2v) is 2.92. The lowest BCUT2D eigenvalue weighted by atomic mass is 10.2. The van der Waals surface area contributed by atoms with Gasteiger partial charge in [0.1, 0.15) is 0 Å². The molecule has 1 aromatic carbocycles. The number of methoxy groups -OCH3 is 1. The summed E-state index contributed by atoms with van der Waals surface area (Å²) in [5.41, 5.74) is 2.22. The van der Waals surface area contributed by atoms with Crippen molar-refractivity contribution in [2.45, 2.75) is 13.5 Å². The Balaban J connectivity index is 2.86. The van der Waals surface area contributed by atoms with Crippen LogP contribution in [-0.2, 0) is 11.3 Å². The highest BCUT2D eigenvalue weighted by atomic mass is 35.5. The molecule has 0 aliphatic heterocycles. The maximum Gasteiger partial charge on any atom is 0.0713 e. The number of halogens is 1. The van der Waals surface area contributed by atoms with Gasteiger partial charge in [-0.05, 0) is 24.1 Å². The van der Waals surface area contributed by atoms with Gasteiger partial charge in [-0.1, -0.05) is 23.7 Å². The Morgan fingerprint density at radius 2 is 2.18 bits per heavy atom. The van der Waals surface area contributed by atoms with Crippen LogP contribution in [0.15, 0.2) is 18.2 Å². The van der Waals surface area contributed by atoms with Crippen LogP contribution in [0, 0.1) is 6.92 Å². The van der Waals surface area contributed by atoms with E-state index in [4.69, 9.17) is 16.3 Å². The topological polar surface area (TPSA) is 9.23 Å². The molecule has 1 rings (SSSR count). The van der Waals surface area contributed by atoms with Crippen molar-refractivity contribution >= 4 is 11.6 Å². The lowest BCUT2D eigenvalue weighted by molar-refractivity contribution is 0.185. The Labute approximate surface area is 71.9 Å². The molecule has 11 heavy (non-hydrogen) atoms. The third kappa shape index (κ3) is 2.21. The maximum absolute atomic E-state index is 5.89. The quantitative estimate of drug-likeness (QED) is 0.663. The Bertz CT molecular complexity index is 245. The van der Waals surface area contributed by atoms with Crippen LogP contribution in [0.5, 0.6) is 0 Å². The van der Waals surface area contributed by atoms with Crippen molar-refractivity contribution in [2.75, 3.05) is 7.11 Å². The fraction of sp³-hybridized carbons (Fsp3) is 0.333. The number of rotatable bonds is 2. The van der Waals surface area contributed by atoms with Gasteiger partial charge in [0.05, 0.1) is 6.61 Å². The molecule has 0 saturated heterocycles. The van der Waals surface area contributed by atoms with Crippen molar-refractivity contribution in [3.05, 3.63) is 34.3 Å². The monoisotopic (exact) mass is 170 g/mol. The Morgan fingerprint density at radius 3 is 2.73 bits per heavy atom. The van der Waals surface area contributed by atoms with Gasteiger partial charge in [-0.15, -0.1) is 0 Å². The molecule has 0 N–H and O–H groups in total. The minimum absolute atomic E-state index is 0.625. The second-order valence-electron chi connectivity index (χ2n) is 2.52.